The highest BCUT2D eigenvalue weighted by Crippen LogP contribution is 2.26. The van der Waals surface area contributed by atoms with Crippen LogP contribution in [-0.4, -0.2) is 22.8 Å². The number of fused-ring (bicyclic) bond motifs is 1. The zero-order valence-corrected chi connectivity index (χ0v) is 12.6. The topological polar surface area (TPSA) is 114 Å². The van der Waals surface area contributed by atoms with Gasteiger partial charge in [0.1, 0.15) is 5.65 Å². The second-order valence-electron chi connectivity index (χ2n) is 4.22. The fourth-order valence-electron chi connectivity index (χ4n) is 1.89. The number of nitrogens with zero attached hydrogens (tertiary/aromatic N) is 3. The molecular formula is C11H12N6O2S2. The van der Waals surface area contributed by atoms with Gasteiger partial charge >= 0.3 is 0 Å². The smallest absolute Gasteiger partial charge is 0.283 e. The molecule has 0 radical (unpaired) electrons. The number of nitrogens with two attached hydrogens (primary N) is 1. The predicted molar refractivity (Wildman–Crippen MR) is 80.7 cm³/mol. The maximum Gasteiger partial charge on any atom is 0.283 e. The van der Waals surface area contributed by atoms with Crippen LogP contribution in [0.25, 0.3) is 5.65 Å². The van der Waals surface area contributed by atoms with Crippen molar-refractivity contribution in [3.63, 3.8) is 0 Å². The predicted octanol–water partition coefficient (Wildman–Crippen LogP) is 1.19. The Balaban J connectivity index is 2.13. The normalized spacial score (nSPS) is 11.7. The number of nitrogens with one attached hydrogen (secondary N) is 2. The highest BCUT2D eigenvalue weighted by molar-refractivity contribution is 7.93. The van der Waals surface area contributed by atoms with E-state index in [1.165, 1.54) is 15.7 Å². The van der Waals surface area contributed by atoms with Gasteiger partial charge in [-0.2, -0.15) is 8.42 Å². The monoisotopic (exact) mass is 324 g/mol. The number of hydrogen-bond donors (Lipinski definition) is 3. The molecule has 0 aromatic carbocycles. The fourth-order valence-corrected chi connectivity index (χ4v) is 4.05. The van der Waals surface area contributed by atoms with E-state index in [0.717, 1.165) is 4.88 Å². The molecule has 3 aromatic rings. The lowest BCUT2D eigenvalue weighted by Gasteiger charge is -2.06. The molecule has 10 heteroatoms. The van der Waals surface area contributed by atoms with Crippen LogP contribution in [0.3, 0.4) is 0 Å². The van der Waals surface area contributed by atoms with Crippen molar-refractivity contribution < 1.29 is 8.42 Å². The third-order valence-electron chi connectivity index (χ3n) is 2.72. The first-order valence-corrected chi connectivity index (χ1v) is 8.20. The summed E-state index contributed by atoms with van der Waals surface area (Å²) in [7, 11) is -3.87. The van der Waals surface area contributed by atoms with Gasteiger partial charge in [0.05, 0.1) is 0 Å². The molecule has 3 heterocycles. The zero-order chi connectivity index (χ0) is 15.0. The van der Waals surface area contributed by atoms with Gasteiger partial charge in [0, 0.05) is 17.3 Å². The van der Waals surface area contributed by atoms with Gasteiger partial charge < -0.3 is 5.43 Å². The van der Waals surface area contributed by atoms with Crippen molar-refractivity contribution in [2.75, 3.05) is 10.1 Å². The van der Waals surface area contributed by atoms with Crippen molar-refractivity contribution in [2.45, 2.75) is 11.9 Å². The van der Waals surface area contributed by atoms with E-state index < -0.39 is 10.0 Å². The SMILES string of the molecule is Cc1cnc(NS(=O)(=O)c2c(NN)nc3ccccn23)s1. The lowest BCUT2D eigenvalue weighted by Crippen LogP contribution is -2.18. The van der Waals surface area contributed by atoms with Gasteiger partial charge in [-0.25, -0.2) is 15.8 Å². The van der Waals surface area contributed by atoms with Crippen LogP contribution in [0, 0.1) is 6.92 Å². The summed E-state index contributed by atoms with van der Waals surface area (Å²) in [6, 6.07) is 5.16. The maximum atomic E-state index is 12.6. The van der Waals surface area contributed by atoms with E-state index in [4.69, 9.17) is 5.84 Å². The molecule has 0 unspecified atom stereocenters. The van der Waals surface area contributed by atoms with E-state index in [2.05, 4.69) is 20.1 Å². The van der Waals surface area contributed by atoms with E-state index in [-0.39, 0.29) is 10.8 Å². The van der Waals surface area contributed by atoms with Gasteiger partial charge in [-0.15, -0.1) is 11.3 Å². The van der Waals surface area contributed by atoms with Crippen LogP contribution in [0.5, 0.6) is 0 Å². The van der Waals surface area contributed by atoms with Gasteiger partial charge in [0.2, 0.25) is 5.03 Å². The number of imidazole rings is 1. The van der Waals surface area contributed by atoms with E-state index in [0.29, 0.717) is 10.8 Å². The minimum atomic E-state index is -3.87. The molecule has 0 amide bonds. The molecule has 4 N–H and O–H groups in total. The number of pyridine rings is 1. The molecule has 8 nitrogen and oxygen atoms in total. The second-order valence-corrected chi connectivity index (χ2v) is 7.05. The molecule has 0 bridgehead atoms. The summed E-state index contributed by atoms with van der Waals surface area (Å²) in [6.45, 7) is 1.84. The number of hydrogen-bond acceptors (Lipinski definition) is 7. The molecule has 0 fully saturated rings. The zero-order valence-electron chi connectivity index (χ0n) is 10.9. The van der Waals surface area contributed by atoms with E-state index in [1.807, 2.05) is 6.92 Å². The molecule has 3 rings (SSSR count). The van der Waals surface area contributed by atoms with Gasteiger partial charge in [-0.1, -0.05) is 6.07 Å². The van der Waals surface area contributed by atoms with Gasteiger partial charge in [0.15, 0.2) is 10.9 Å². The van der Waals surface area contributed by atoms with Crippen molar-refractivity contribution in [2.24, 2.45) is 5.84 Å². The summed E-state index contributed by atoms with van der Waals surface area (Å²) in [6.07, 6.45) is 3.20. The third kappa shape index (κ3) is 2.44. The molecule has 0 atom stereocenters. The van der Waals surface area contributed by atoms with Crippen molar-refractivity contribution in [1.29, 1.82) is 0 Å². The number of anilines is 2. The van der Waals surface area contributed by atoms with Crippen LogP contribution in [0.2, 0.25) is 0 Å². The first kappa shape index (κ1) is 13.8. The number of aromatic nitrogens is 3. The molecule has 0 saturated carbocycles. The Kier molecular flexibility index (Phi) is 3.27. The first-order valence-electron chi connectivity index (χ1n) is 5.90. The average molecular weight is 324 g/mol. The van der Waals surface area contributed by atoms with Crippen molar-refractivity contribution >= 4 is 38.0 Å². The number of hydrazine groups is 1. The van der Waals surface area contributed by atoms with Crippen LogP contribution in [-0.2, 0) is 10.0 Å². The molecule has 21 heavy (non-hydrogen) atoms. The number of sulfonamides is 1. The van der Waals surface area contributed by atoms with E-state index in [1.54, 1.807) is 30.6 Å². The molecule has 0 aliphatic carbocycles. The average Bonchev–Trinajstić information content (AvgIpc) is 3.01. The van der Waals surface area contributed by atoms with Crippen molar-refractivity contribution in [3.05, 3.63) is 35.5 Å². The molecule has 0 spiro atoms. The standard InChI is InChI=1S/C11H12N6O2S2/c1-7-6-13-11(20-7)16-21(18,19)10-9(15-12)14-8-4-2-3-5-17(8)10/h2-6,15H,12H2,1H3,(H,13,16). The number of nitrogen functional groups attached to an aromatic ring is 1. The van der Waals surface area contributed by atoms with Crippen molar-refractivity contribution in [1.82, 2.24) is 14.4 Å². The lowest BCUT2D eigenvalue weighted by molar-refractivity contribution is 0.597. The lowest BCUT2D eigenvalue weighted by atomic mass is 10.5. The largest absolute Gasteiger partial charge is 0.306 e. The Labute approximate surface area is 124 Å². The summed E-state index contributed by atoms with van der Waals surface area (Å²) in [5.74, 6) is 5.45. The van der Waals surface area contributed by atoms with Gasteiger partial charge in [-0.05, 0) is 19.1 Å². The van der Waals surface area contributed by atoms with Crippen LogP contribution in [0.1, 0.15) is 4.88 Å². The van der Waals surface area contributed by atoms with E-state index >= 15 is 0 Å². The molecule has 0 aliphatic heterocycles. The third-order valence-corrected chi connectivity index (χ3v) is 5.04. The molecule has 110 valence electrons. The van der Waals surface area contributed by atoms with Gasteiger partial charge in [-0.3, -0.25) is 9.12 Å². The molecule has 3 aromatic heterocycles. The maximum absolute atomic E-state index is 12.6. The summed E-state index contributed by atoms with van der Waals surface area (Å²) in [4.78, 5) is 9.03. The number of thiazole rings is 1. The molecule has 0 aliphatic rings. The van der Waals surface area contributed by atoms with Crippen molar-refractivity contribution in [3.8, 4) is 0 Å². The second kappa shape index (κ2) is 4.98. The Morgan fingerprint density at radius 1 is 1.38 bits per heavy atom. The molecular weight excluding hydrogens is 312 g/mol. The fraction of sp³-hybridized carbons (Fsp3) is 0.0909. The van der Waals surface area contributed by atoms with Gasteiger partial charge in [0.25, 0.3) is 10.0 Å². The summed E-state index contributed by atoms with van der Waals surface area (Å²) < 4.78 is 29.0. The highest BCUT2D eigenvalue weighted by Gasteiger charge is 2.25. The van der Waals surface area contributed by atoms with Crippen LogP contribution >= 0.6 is 11.3 Å². The first-order chi connectivity index (χ1) is 10.0. The Bertz CT molecular complexity index is 898. The number of rotatable bonds is 4. The van der Waals surface area contributed by atoms with Crippen LogP contribution in [0.15, 0.2) is 35.6 Å². The highest BCUT2D eigenvalue weighted by atomic mass is 32.2. The van der Waals surface area contributed by atoms with Crippen LogP contribution < -0.4 is 16.0 Å². The Morgan fingerprint density at radius 2 is 2.19 bits per heavy atom. The number of aryl methyl sites for hydroxylation is 1. The summed E-state index contributed by atoms with van der Waals surface area (Å²) in [5, 5.41) is 0.231. The molecule has 0 saturated heterocycles. The quantitative estimate of drug-likeness (QED) is 0.490. The van der Waals surface area contributed by atoms with E-state index in [9.17, 15) is 8.42 Å². The Morgan fingerprint density at radius 3 is 2.86 bits per heavy atom. The Hall–Kier alpha value is -2.17. The minimum Gasteiger partial charge on any atom is -0.306 e. The minimum absolute atomic E-state index is 0.0616. The van der Waals surface area contributed by atoms with Crippen LogP contribution in [0.4, 0.5) is 10.9 Å². The summed E-state index contributed by atoms with van der Waals surface area (Å²) in [5.41, 5.74) is 2.79. The summed E-state index contributed by atoms with van der Waals surface area (Å²) >= 11 is 1.25.